The lowest BCUT2D eigenvalue weighted by molar-refractivity contribution is 0.158. The Bertz CT molecular complexity index is 804. The molecule has 0 radical (unpaired) electrons. The molecular formula is C18H16ClNO. The molecule has 1 aliphatic carbocycles. The minimum Gasteiger partial charge on any atom is -0.393 e. The molecule has 21 heavy (non-hydrogen) atoms. The average Bonchev–Trinajstić information content (AvgIpc) is 2.85. The number of rotatable bonds is 1. The van der Waals surface area contributed by atoms with Crippen molar-refractivity contribution in [2.24, 2.45) is 0 Å². The van der Waals surface area contributed by atoms with Crippen LogP contribution in [0.25, 0.3) is 22.0 Å². The molecule has 3 heteroatoms. The molecule has 4 rings (SSSR count). The van der Waals surface area contributed by atoms with E-state index in [1.807, 2.05) is 24.3 Å². The molecule has 2 N–H and O–H groups in total. The van der Waals surface area contributed by atoms with Crippen molar-refractivity contribution in [3.63, 3.8) is 0 Å². The molecule has 0 aliphatic heterocycles. The van der Waals surface area contributed by atoms with Gasteiger partial charge in [-0.05, 0) is 53.8 Å². The molecule has 0 fully saturated rings. The van der Waals surface area contributed by atoms with Crippen molar-refractivity contribution in [2.45, 2.75) is 25.4 Å². The third-order valence-corrected chi connectivity index (χ3v) is 4.59. The summed E-state index contributed by atoms with van der Waals surface area (Å²) in [5.41, 5.74) is 6.06. The molecule has 0 spiro atoms. The number of aromatic nitrogens is 1. The average molecular weight is 298 g/mol. The molecule has 0 saturated heterocycles. The van der Waals surface area contributed by atoms with Crippen molar-refractivity contribution in [1.82, 2.24) is 4.98 Å². The smallest absolute Gasteiger partial charge is 0.0585 e. The quantitative estimate of drug-likeness (QED) is 0.689. The topological polar surface area (TPSA) is 36.0 Å². The van der Waals surface area contributed by atoms with Crippen molar-refractivity contribution >= 4 is 22.5 Å². The summed E-state index contributed by atoms with van der Waals surface area (Å²) in [7, 11) is 0. The number of nitrogens with one attached hydrogen (secondary N) is 1. The predicted molar refractivity (Wildman–Crippen MR) is 86.8 cm³/mol. The maximum Gasteiger partial charge on any atom is 0.0585 e. The number of aromatic amines is 1. The number of hydrogen-bond acceptors (Lipinski definition) is 1. The van der Waals surface area contributed by atoms with Crippen LogP contribution < -0.4 is 0 Å². The number of halogens is 1. The maximum atomic E-state index is 9.92. The summed E-state index contributed by atoms with van der Waals surface area (Å²) >= 11 is 5.95. The predicted octanol–water partition coefficient (Wildman–Crippen LogP) is 4.34. The Morgan fingerprint density at radius 2 is 1.81 bits per heavy atom. The number of hydrogen-bond donors (Lipinski definition) is 2. The standard InChI is InChI=1S/C18H16ClNO/c19-13-4-1-11(2-5-13)12-3-7-17-15(9-12)16-10-14(21)6-8-18(16)20-17/h1-5,7,9,14,20-21H,6,8,10H2. The third-order valence-electron chi connectivity index (χ3n) is 4.34. The van der Waals surface area contributed by atoms with Crippen LogP contribution in [0, 0.1) is 0 Å². The van der Waals surface area contributed by atoms with Crippen LogP contribution in [0.2, 0.25) is 5.02 Å². The van der Waals surface area contributed by atoms with E-state index in [1.54, 1.807) is 0 Å². The Hall–Kier alpha value is -1.77. The molecular weight excluding hydrogens is 282 g/mol. The highest BCUT2D eigenvalue weighted by molar-refractivity contribution is 6.30. The maximum absolute atomic E-state index is 9.92. The molecule has 1 unspecified atom stereocenters. The van der Waals surface area contributed by atoms with Gasteiger partial charge >= 0.3 is 0 Å². The summed E-state index contributed by atoms with van der Waals surface area (Å²) in [4.78, 5) is 3.49. The molecule has 106 valence electrons. The summed E-state index contributed by atoms with van der Waals surface area (Å²) in [6, 6.07) is 14.4. The molecule has 1 atom stereocenters. The minimum absolute atomic E-state index is 0.212. The van der Waals surface area contributed by atoms with Gasteiger partial charge in [0.1, 0.15) is 0 Å². The first-order valence-electron chi connectivity index (χ1n) is 7.28. The number of benzene rings is 2. The summed E-state index contributed by atoms with van der Waals surface area (Å²) in [6.45, 7) is 0. The molecule has 1 aromatic heterocycles. The van der Waals surface area contributed by atoms with Crippen molar-refractivity contribution in [3.8, 4) is 11.1 Å². The van der Waals surface area contributed by atoms with Gasteiger partial charge < -0.3 is 10.1 Å². The van der Waals surface area contributed by atoms with Gasteiger partial charge in [-0.25, -0.2) is 0 Å². The van der Waals surface area contributed by atoms with Gasteiger partial charge in [-0.2, -0.15) is 0 Å². The van der Waals surface area contributed by atoms with Crippen LogP contribution in [0.5, 0.6) is 0 Å². The number of H-pyrrole nitrogens is 1. The van der Waals surface area contributed by atoms with Gasteiger partial charge in [0.15, 0.2) is 0 Å². The van der Waals surface area contributed by atoms with Crippen molar-refractivity contribution in [2.75, 3.05) is 0 Å². The zero-order valence-corrected chi connectivity index (χ0v) is 12.3. The summed E-state index contributed by atoms with van der Waals surface area (Å²) in [5, 5.41) is 11.9. The second kappa shape index (κ2) is 4.90. The molecule has 1 heterocycles. The van der Waals surface area contributed by atoms with Gasteiger partial charge in [-0.15, -0.1) is 0 Å². The van der Waals surface area contributed by atoms with Crippen LogP contribution in [0.3, 0.4) is 0 Å². The Balaban J connectivity index is 1.85. The molecule has 0 bridgehead atoms. The highest BCUT2D eigenvalue weighted by atomic mass is 35.5. The third kappa shape index (κ3) is 2.25. The van der Waals surface area contributed by atoms with E-state index >= 15 is 0 Å². The van der Waals surface area contributed by atoms with Crippen molar-refractivity contribution in [1.29, 1.82) is 0 Å². The Morgan fingerprint density at radius 3 is 2.62 bits per heavy atom. The fourth-order valence-corrected chi connectivity index (χ4v) is 3.35. The fraction of sp³-hybridized carbons (Fsp3) is 0.222. The van der Waals surface area contributed by atoms with Crippen LogP contribution in [0.15, 0.2) is 42.5 Å². The summed E-state index contributed by atoms with van der Waals surface area (Å²) in [6.07, 6.45) is 2.32. The van der Waals surface area contributed by atoms with E-state index in [2.05, 4.69) is 23.2 Å². The highest BCUT2D eigenvalue weighted by Gasteiger charge is 2.20. The lowest BCUT2D eigenvalue weighted by Gasteiger charge is -2.17. The van der Waals surface area contributed by atoms with E-state index in [9.17, 15) is 5.11 Å². The van der Waals surface area contributed by atoms with Gasteiger partial charge in [-0.1, -0.05) is 29.8 Å². The lowest BCUT2D eigenvalue weighted by atomic mass is 9.92. The van der Waals surface area contributed by atoms with E-state index in [0.717, 1.165) is 35.4 Å². The number of aryl methyl sites for hydroxylation is 1. The first kappa shape index (κ1) is 12.9. The van der Waals surface area contributed by atoms with E-state index in [-0.39, 0.29) is 6.10 Å². The monoisotopic (exact) mass is 297 g/mol. The Kier molecular flexibility index (Phi) is 3.02. The fourth-order valence-electron chi connectivity index (χ4n) is 3.22. The van der Waals surface area contributed by atoms with Crippen LogP contribution in [-0.4, -0.2) is 16.2 Å². The van der Waals surface area contributed by atoms with Gasteiger partial charge in [0, 0.05) is 28.0 Å². The lowest BCUT2D eigenvalue weighted by Crippen LogP contribution is -2.17. The second-order valence-electron chi connectivity index (χ2n) is 5.75. The van der Waals surface area contributed by atoms with E-state index in [0.29, 0.717) is 0 Å². The van der Waals surface area contributed by atoms with E-state index in [4.69, 9.17) is 11.6 Å². The number of aliphatic hydroxyl groups is 1. The number of aliphatic hydroxyl groups excluding tert-OH is 1. The SMILES string of the molecule is OC1CCc2[nH]c3ccc(-c4ccc(Cl)cc4)cc3c2C1. The van der Waals surface area contributed by atoms with Crippen LogP contribution in [-0.2, 0) is 12.8 Å². The zero-order chi connectivity index (χ0) is 14.4. The highest BCUT2D eigenvalue weighted by Crippen LogP contribution is 2.32. The normalized spacial score (nSPS) is 17.9. The second-order valence-corrected chi connectivity index (χ2v) is 6.18. The molecule has 1 aliphatic rings. The van der Waals surface area contributed by atoms with Crippen molar-refractivity contribution < 1.29 is 5.11 Å². The Labute approximate surface area is 128 Å². The summed E-state index contributed by atoms with van der Waals surface area (Å²) in [5.74, 6) is 0. The largest absolute Gasteiger partial charge is 0.393 e. The Morgan fingerprint density at radius 1 is 1.05 bits per heavy atom. The molecule has 2 nitrogen and oxygen atoms in total. The molecule has 0 saturated carbocycles. The van der Waals surface area contributed by atoms with Crippen LogP contribution in [0.4, 0.5) is 0 Å². The van der Waals surface area contributed by atoms with Gasteiger partial charge in [0.05, 0.1) is 6.10 Å². The van der Waals surface area contributed by atoms with Gasteiger partial charge in [0.2, 0.25) is 0 Å². The zero-order valence-electron chi connectivity index (χ0n) is 11.6. The van der Waals surface area contributed by atoms with Gasteiger partial charge in [-0.3, -0.25) is 0 Å². The molecule has 2 aromatic carbocycles. The minimum atomic E-state index is -0.212. The first-order valence-corrected chi connectivity index (χ1v) is 7.66. The van der Waals surface area contributed by atoms with Crippen LogP contribution >= 0.6 is 11.6 Å². The van der Waals surface area contributed by atoms with E-state index in [1.165, 1.54) is 22.2 Å². The number of fused-ring (bicyclic) bond motifs is 3. The van der Waals surface area contributed by atoms with Crippen LogP contribution in [0.1, 0.15) is 17.7 Å². The van der Waals surface area contributed by atoms with Crippen molar-refractivity contribution in [3.05, 3.63) is 58.7 Å². The molecule has 0 amide bonds. The molecule has 3 aromatic rings. The van der Waals surface area contributed by atoms with Gasteiger partial charge in [0.25, 0.3) is 0 Å². The first-order chi connectivity index (χ1) is 10.2. The summed E-state index contributed by atoms with van der Waals surface area (Å²) < 4.78 is 0. The van der Waals surface area contributed by atoms with E-state index < -0.39 is 0 Å².